The van der Waals surface area contributed by atoms with Gasteiger partial charge >= 0.3 is 0 Å². The molecule has 0 aliphatic rings. The summed E-state index contributed by atoms with van der Waals surface area (Å²) < 4.78 is 10.8. The van der Waals surface area contributed by atoms with Crippen molar-refractivity contribution in [2.45, 2.75) is 0 Å². The lowest BCUT2D eigenvalue weighted by Gasteiger charge is -2.12. The second-order valence-corrected chi connectivity index (χ2v) is 6.17. The van der Waals surface area contributed by atoms with Gasteiger partial charge in [0.2, 0.25) is 0 Å². The van der Waals surface area contributed by atoms with Crippen LogP contribution in [0.4, 0.5) is 0 Å². The first kappa shape index (κ1) is 18.4. The molecule has 0 aliphatic carbocycles. The fourth-order valence-corrected chi connectivity index (χ4v) is 3.05. The average molecular weight is 374 g/mol. The summed E-state index contributed by atoms with van der Waals surface area (Å²) in [6.45, 7) is 0.0891. The molecule has 0 atom stereocenters. The molecule has 0 aromatic heterocycles. The summed E-state index contributed by atoms with van der Waals surface area (Å²) in [4.78, 5) is 0. The summed E-state index contributed by atoms with van der Waals surface area (Å²) in [5.41, 5.74) is 2.09. The smallest absolute Gasteiger partial charge is 0.181 e. The van der Waals surface area contributed by atoms with E-state index >= 15 is 0 Å². The maximum Gasteiger partial charge on any atom is 0.181 e. The number of hydrogen-bond acceptors (Lipinski definition) is 3. The minimum atomic E-state index is 0.0891. The van der Waals surface area contributed by atoms with Gasteiger partial charge in [0.1, 0.15) is 6.61 Å². The number of fused-ring (bicyclic) bond motifs is 1. The van der Waals surface area contributed by atoms with E-state index in [0.29, 0.717) is 22.1 Å². The van der Waals surface area contributed by atoms with Crippen LogP contribution in [-0.2, 0) is 0 Å². The largest absolute Gasteiger partial charge is 0.493 e. The van der Waals surface area contributed by atoms with Gasteiger partial charge in [0, 0.05) is 0 Å². The normalized spacial score (nSPS) is 10.9. The van der Waals surface area contributed by atoms with Crippen molar-refractivity contribution < 1.29 is 9.47 Å². The van der Waals surface area contributed by atoms with E-state index in [4.69, 9.17) is 27.5 Å². The van der Waals surface area contributed by atoms with Crippen molar-refractivity contribution >= 4 is 34.0 Å². The van der Waals surface area contributed by atoms with Gasteiger partial charge in [-0.05, 0) is 46.2 Å². The maximum absolute atomic E-state index is 9.65. The molecule has 0 saturated carbocycles. The molecule has 0 N–H and O–H groups in total. The number of methoxy groups -OCH3 is 1. The van der Waals surface area contributed by atoms with Crippen LogP contribution in [0.25, 0.3) is 22.4 Å². The van der Waals surface area contributed by atoms with Gasteiger partial charge in [-0.1, -0.05) is 53.9 Å². The number of halogens is 1. The Morgan fingerprint density at radius 2 is 1.93 bits per heavy atom. The molecule has 3 rings (SSSR count). The molecule has 0 spiro atoms. The molecule has 0 saturated heterocycles. The maximum atomic E-state index is 9.65. The molecule has 27 heavy (non-hydrogen) atoms. The quantitative estimate of drug-likeness (QED) is 0.333. The highest BCUT2D eigenvalue weighted by Crippen LogP contribution is 2.37. The van der Waals surface area contributed by atoms with Crippen molar-refractivity contribution in [3.05, 3.63) is 70.7 Å². The molecule has 0 fully saturated rings. The third-order valence-corrected chi connectivity index (χ3v) is 4.32. The summed E-state index contributed by atoms with van der Waals surface area (Å²) in [6.07, 6.45) is 7.00. The molecule has 3 nitrogen and oxygen atoms in total. The van der Waals surface area contributed by atoms with Crippen LogP contribution in [-0.4, -0.2) is 13.7 Å². The first-order valence-electron chi connectivity index (χ1n) is 8.21. The van der Waals surface area contributed by atoms with Crippen molar-refractivity contribution in [1.29, 1.82) is 5.26 Å². The molecule has 3 aromatic carbocycles. The van der Waals surface area contributed by atoms with Crippen molar-refractivity contribution in [2.75, 3.05) is 13.7 Å². The van der Waals surface area contributed by atoms with Gasteiger partial charge in [-0.3, -0.25) is 0 Å². The van der Waals surface area contributed by atoms with E-state index in [1.807, 2.05) is 42.5 Å². The highest BCUT2D eigenvalue weighted by atomic mass is 35.5. The number of nitriles is 1. The first-order valence-corrected chi connectivity index (χ1v) is 8.59. The van der Waals surface area contributed by atoms with Gasteiger partial charge in [-0.25, -0.2) is 0 Å². The number of nitrogens with zero attached hydrogens (tertiary/aromatic N) is 1. The number of rotatable bonds is 5. The number of benzene rings is 3. The van der Waals surface area contributed by atoms with Crippen LogP contribution < -0.4 is 9.47 Å². The minimum absolute atomic E-state index is 0.0891. The topological polar surface area (TPSA) is 42.2 Å². The van der Waals surface area contributed by atoms with E-state index in [1.165, 1.54) is 7.11 Å². The summed E-state index contributed by atoms with van der Waals surface area (Å²) in [5, 5.41) is 12.2. The Morgan fingerprint density at radius 1 is 1.15 bits per heavy atom. The molecule has 0 aliphatic heterocycles. The van der Waals surface area contributed by atoms with E-state index in [1.54, 1.807) is 18.2 Å². The first-order chi connectivity index (χ1) is 13.2. The van der Waals surface area contributed by atoms with Crippen LogP contribution in [0.3, 0.4) is 0 Å². The van der Waals surface area contributed by atoms with E-state index < -0.39 is 0 Å². The third kappa shape index (κ3) is 4.06. The van der Waals surface area contributed by atoms with Gasteiger partial charge in [0.15, 0.2) is 11.5 Å². The molecular formula is C23H16ClNO2. The summed E-state index contributed by atoms with van der Waals surface area (Å²) in [6, 6.07) is 19.7. The molecule has 4 heteroatoms. The van der Waals surface area contributed by atoms with E-state index in [9.17, 15) is 5.26 Å². The van der Waals surface area contributed by atoms with Crippen molar-refractivity contribution in [2.24, 2.45) is 0 Å². The third-order valence-electron chi connectivity index (χ3n) is 4.04. The van der Waals surface area contributed by atoms with Gasteiger partial charge < -0.3 is 9.47 Å². The fraction of sp³-hybridized carbons (Fsp3) is 0.0870. The molecular weight excluding hydrogens is 358 g/mol. The molecule has 0 unspecified atom stereocenters. The van der Waals surface area contributed by atoms with Gasteiger partial charge in [-0.2, -0.15) is 5.26 Å². The summed E-state index contributed by atoms with van der Waals surface area (Å²) >= 11 is 6.31. The highest BCUT2D eigenvalue weighted by Gasteiger charge is 2.12. The number of ether oxygens (including phenoxy) is 2. The number of allylic oxidation sites excluding steroid dienone is 1. The molecule has 0 heterocycles. The Labute approximate surface area is 163 Å². The van der Waals surface area contributed by atoms with Gasteiger partial charge in [-0.15, -0.1) is 6.42 Å². The van der Waals surface area contributed by atoms with Crippen molar-refractivity contribution in [1.82, 2.24) is 0 Å². The monoisotopic (exact) mass is 373 g/mol. The predicted molar refractivity (Wildman–Crippen MR) is 110 cm³/mol. The Hall–Kier alpha value is -3.40. The lowest BCUT2D eigenvalue weighted by Crippen LogP contribution is -1.98. The Kier molecular flexibility index (Phi) is 5.67. The second kappa shape index (κ2) is 8.32. The Balaban J connectivity index is 2.03. The van der Waals surface area contributed by atoms with E-state index in [-0.39, 0.29) is 6.61 Å². The second-order valence-electron chi connectivity index (χ2n) is 5.76. The zero-order valence-electron chi connectivity index (χ0n) is 14.7. The van der Waals surface area contributed by atoms with E-state index in [0.717, 1.165) is 21.9 Å². The van der Waals surface area contributed by atoms with Crippen LogP contribution in [0.5, 0.6) is 11.5 Å². The molecule has 0 bridgehead atoms. The minimum Gasteiger partial charge on any atom is -0.493 e. The molecule has 132 valence electrons. The molecule has 3 aromatic rings. The van der Waals surface area contributed by atoms with E-state index in [2.05, 4.69) is 12.0 Å². The van der Waals surface area contributed by atoms with Crippen LogP contribution in [0.1, 0.15) is 11.1 Å². The Bertz CT molecular complexity index is 1100. The zero-order chi connectivity index (χ0) is 19.2. The van der Waals surface area contributed by atoms with Crippen molar-refractivity contribution in [3.63, 3.8) is 0 Å². The lowest BCUT2D eigenvalue weighted by atomic mass is 10.00. The van der Waals surface area contributed by atoms with Crippen LogP contribution >= 0.6 is 11.6 Å². The van der Waals surface area contributed by atoms with Crippen LogP contribution in [0.15, 0.2) is 54.6 Å². The Morgan fingerprint density at radius 3 is 2.63 bits per heavy atom. The van der Waals surface area contributed by atoms with Crippen LogP contribution in [0.2, 0.25) is 5.02 Å². The number of terminal acetylenes is 1. The predicted octanol–water partition coefficient (Wildman–Crippen LogP) is 5.58. The standard InChI is InChI=1S/C23H16ClNO2/c1-3-10-27-23-21(24)12-16(13-22(23)26-2)11-20(15-25)19-9-8-17-6-4-5-7-18(17)14-19/h1,4-9,11-14H,10H2,2H3/b20-11-. The number of hydrogen-bond donors (Lipinski definition) is 0. The zero-order valence-corrected chi connectivity index (χ0v) is 15.5. The highest BCUT2D eigenvalue weighted by molar-refractivity contribution is 6.32. The van der Waals surface area contributed by atoms with Crippen LogP contribution in [0, 0.1) is 23.7 Å². The SMILES string of the molecule is C#CCOc1c(Cl)cc(/C=C(/C#N)c2ccc3ccccc3c2)cc1OC. The lowest BCUT2D eigenvalue weighted by molar-refractivity contribution is 0.331. The summed E-state index contributed by atoms with van der Waals surface area (Å²) in [7, 11) is 1.52. The summed E-state index contributed by atoms with van der Waals surface area (Å²) in [5.74, 6) is 3.24. The fourth-order valence-electron chi connectivity index (χ4n) is 2.78. The molecule has 0 amide bonds. The van der Waals surface area contributed by atoms with Gasteiger partial charge in [0.25, 0.3) is 0 Å². The van der Waals surface area contributed by atoms with Gasteiger partial charge in [0.05, 0.1) is 23.8 Å². The molecule has 0 radical (unpaired) electrons. The average Bonchev–Trinajstić information content (AvgIpc) is 2.70. The van der Waals surface area contributed by atoms with Crippen molar-refractivity contribution in [3.8, 4) is 29.9 Å².